The summed E-state index contributed by atoms with van der Waals surface area (Å²) in [6.07, 6.45) is 1.51. The lowest BCUT2D eigenvalue weighted by molar-refractivity contribution is -0.124. The van der Waals surface area contributed by atoms with Gasteiger partial charge in [-0.3, -0.25) is 4.79 Å². The second kappa shape index (κ2) is 7.50. The lowest BCUT2D eigenvalue weighted by atomic mass is 10.1. The number of hydrogen-bond donors (Lipinski definition) is 3. The van der Waals surface area contributed by atoms with Crippen LogP contribution in [0.25, 0.3) is 0 Å². The van der Waals surface area contributed by atoms with Crippen molar-refractivity contribution in [3.05, 3.63) is 54.6 Å². The topological polar surface area (TPSA) is 79.5 Å². The van der Waals surface area contributed by atoms with Crippen LogP contribution in [-0.2, 0) is 4.79 Å². The maximum absolute atomic E-state index is 12.1. The molecule has 1 heterocycles. The van der Waals surface area contributed by atoms with Crippen molar-refractivity contribution in [3.8, 4) is 11.5 Å². The van der Waals surface area contributed by atoms with E-state index in [0.29, 0.717) is 24.4 Å². The Kier molecular flexibility index (Phi) is 4.96. The van der Waals surface area contributed by atoms with Crippen molar-refractivity contribution in [3.63, 3.8) is 0 Å². The molecule has 1 fully saturated rings. The molecule has 0 aromatic heterocycles. The van der Waals surface area contributed by atoms with E-state index in [4.69, 9.17) is 4.74 Å². The molecule has 0 radical (unpaired) electrons. The third-order valence-electron chi connectivity index (χ3n) is 3.66. The predicted molar refractivity (Wildman–Crippen MR) is 91.1 cm³/mol. The third-order valence-corrected chi connectivity index (χ3v) is 3.66. The predicted octanol–water partition coefficient (Wildman–Crippen LogP) is 2.88. The zero-order chi connectivity index (χ0) is 16.8. The zero-order valence-corrected chi connectivity index (χ0v) is 13.1. The van der Waals surface area contributed by atoms with Gasteiger partial charge >= 0.3 is 6.03 Å². The first-order valence-electron chi connectivity index (χ1n) is 7.89. The molecule has 3 amide bonds. The van der Waals surface area contributed by atoms with Gasteiger partial charge in [0.1, 0.15) is 17.5 Å². The highest BCUT2D eigenvalue weighted by Crippen LogP contribution is 2.23. The quantitative estimate of drug-likeness (QED) is 0.808. The Labute approximate surface area is 140 Å². The Hall–Kier alpha value is -3.02. The molecule has 1 aliphatic heterocycles. The van der Waals surface area contributed by atoms with Crippen LogP contribution in [0, 0.1) is 0 Å². The number of amides is 3. The first kappa shape index (κ1) is 15.9. The van der Waals surface area contributed by atoms with E-state index in [2.05, 4.69) is 16.0 Å². The lowest BCUT2D eigenvalue weighted by Gasteiger charge is -2.22. The first-order valence-corrected chi connectivity index (χ1v) is 7.89. The van der Waals surface area contributed by atoms with E-state index >= 15 is 0 Å². The second-order valence-electron chi connectivity index (χ2n) is 5.53. The molecule has 0 unspecified atom stereocenters. The number of ether oxygens (including phenoxy) is 1. The second-order valence-corrected chi connectivity index (χ2v) is 5.53. The maximum atomic E-state index is 12.1. The van der Waals surface area contributed by atoms with Crippen LogP contribution in [0.4, 0.5) is 10.5 Å². The minimum absolute atomic E-state index is 0.141. The molecule has 3 rings (SSSR count). The van der Waals surface area contributed by atoms with Crippen molar-refractivity contribution in [1.82, 2.24) is 10.6 Å². The number of para-hydroxylation sites is 1. The van der Waals surface area contributed by atoms with Crippen molar-refractivity contribution < 1.29 is 14.3 Å². The normalized spacial score (nSPS) is 16.8. The molecule has 0 aliphatic carbocycles. The lowest BCUT2D eigenvalue weighted by Crippen LogP contribution is -2.51. The van der Waals surface area contributed by atoms with Crippen LogP contribution in [0.3, 0.4) is 0 Å². The summed E-state index contributed by atoms with van der Waals surface area (Å²) in [6.45, 7) is 0.664. The van der Waals surface area contributed by atoms with Gasteiger partial charge in [0.2, 0.25) is 5.91 Å². The van der Waals surface area contributed by atoms with Gasteiger partial charge < -0.3 is 20.7 Å². The van der Waals surface area contributed by atoms with Crippen LogP contribution in [-0.4, -0.2) is 24.5 Å². The Morgan fingerprint density at radius 1 is 1.08 bits per heavy atom. The molecular formula is C18H19N3O3. The van der Waals surface area contributed by atoms with Crippen LogP contribution in [0.2, 0.25) is 0 Å². The number of hydrogen-bond acceptors (Lipinski definition) is 3. The van der Waals surface area contributed by atoms with E-state index in [1.54, 1.807) is 18.2 Å². The minimum Gasteiger partial charge on any atom is -0.457 e. The van der Waals surface area contributed by atoms with Gasteiger partial charge in [0.25, 0.3) is 0 Å². The van der Waals surface area contributed by atoms with Crippen LogP contribution >= 0.6 is 0 Å². The highest BCUT2D eigenvalue weighted by Gasteiger charge is 2.23. The van der Waals surface area contributed by atoms with Crippen molar-refractivity contribution in [2.24, 2.45) is 0 Å². The average molecular weight is 325 g/mol. The maximum Gasteiger partial charge on any atom is 0.319 e. The van der Waals surface area contributed by atoms with E-state index in [1.165, 1.54) is 0 Å². The number of piperidine rings is 1. The Balaban J connectivity index is 1.59. The molecule has 6 heteroatoms. The standard InChI is InChI=1S/C18H19N3O3/c22-17-16(10-5-11-19-17)21-18(23)20-13-6-4-9-15(12-13)24-14-7-2-1-3-8-14/h1-4,6-9,12,16H,5,10-11H2,(H,19,22)(H2,20,21,23)/t16-/m0/s1. The summed E-state index contributed by atoms with van der Waals surface area (Å²) in [5, 5.41) is 8.15. The van der Waals surface area contributed by atoms with E-state index in [0.717, 1.165) is 12.2 Å². The summed E-state index contributed by atoms with van der Waals surface area (Å²) in [5.74, 6) is 1.20. The van der Waals surface area contributed by atoms with Gasteiger partial charge in [-0.2, -0.15) is 0 Å². The fourth-order valence-electron chi connectivity index (χ4n) is 2.50. The molecule has 2 aromatic carbocycles. The largest absolute Gasteiger partial charge is 0.457 e. The van der Waals surface area contributed by atoms with E-state index in [1.807, 2.05) is 36.4 Å². The van der Waals surface area contributed by atoms with Crippen molar-refractivity contribution in [1.29, 1.82) is 0 Å². The number of carbonyl (C=O) groups excluding carboxylic acids is 2. The Morgan fingerprint density at radius 3 is 2.67 bits per heavy atom. The van der Waals surface area contributed by atoms with Gasteiger partial charge in [0.05, 0.1) is 0 Å². The van der Waals surface area contributed by atoms with Gasteiger partial charge in [-0.25, -0.2) is 4.79 Å². The van der Waals surface area contributed by atoms with Crippen LogP contribution in [0.5, 0.6) is 11.5 Å². The van der Waals surface area contributed by atoms with Crippen LogP contribution in [0.15, 0.2) is 54.6 Å². The minimum atomic E-state index is -0.484. The molecule has 6 nitrogen and oxygen atoms in total. The van der Waals surface area contributed by atoms with E-state index in [-0.39, 0.29) is 5.91 Å². The molecule has 3 N–H and O–H groups in total. The van der Waals surface area contributed by atoms with Crippen molar-refractivity contribution >= 4 is 17.6 Å². The Bertz CT molecular complexity index is 718. The molecular weight excluding hydrogens is 306 g/mol. The molecule has 1 aliphatic rings. The summed E-state index contributed by atoms with van der Waals surface area (Å²) in [5.41, 5.74) is 0.595. The number of anilines is 1. The van der Waals surface area contributed by atoms with E-state index in [9.17, 15) is 9.59 Å². The van der Waals surface area contributed by atoms with Gasteiger partial charge in [0, 0.05) is 18.3 Å². The molecule has 1 atom stereocenters. The monoisotopic (exact) mass is 325 g/mol. The van der Waals surface area contributed by atoms with Crippen LogP contribution < -0.4 is 20.7 Å². The summed E-state index contributed by atoms with van der Waals surface area (Å²) in [4.78, 5) is 23.7. The third kappa shape index (κ3) is 4.25. The van der Waals surface area contributed by atoms with Gasteiger partial charge in [-0.05, 0) is 37.1 Å². The molecule has 2 aromatic rings. The fraction of sp³-hybridized carbons (Fsp3) is 0.222. The first-order chi connectivity index (χ1) is 11.7. The number of rotatable bonds is 4. The average Bonchev–Trinajstić information content (AvgIpc) is 2.58. The molecule has 1 saturated heterocycles. The van der Waals surface area contributed by atoms with Gasteiger partial charge in [-0.1, -0.05) is 24.3 Å². The summed E-state index contributed by atoms with van der Waals surface area (Å²) in [6, 6.07) is 15.6. The number of benzene rings is 2. The van der Waals surface area contributed by atoms with Gasteiger partial charge in [0.15, 0.2) is 0 Å². The number of urea groups is 1. The SMILES string of the molecule is O=C(Nc1cccc(Oc2ccccc2)c1)N[C@H]1CCCNC1=O. The molecule has 124 valence electrons. The Morgan fingerprint density at radius 2 is 1.88 bits per heavy atom. The molecule has 24 heavy (non-hydrogen) atoms. The summed E-state index contributed by atoms with van der Waals surface area (Å²) < 4.78 is 5.73. The smallest absolute Gasteiger partial charge is 0.319 e. The van der Waals surface area contributed by atoms with Crippen LogP contribution in [0.1, 0.15) is 12.8 Å². The summed E-state index contributed by atoms with van der Waals surface area (Å²) in [7, 11) is 0. The highest BCUT2D eigenvalue weighted by molar-refractivity contribution is 5.94. The highest BCUT2D eigenvalue weighted by atomic mass is 16.5. The fourth-order valence-corrected chi connectivity index (χ4v) is 2.50. The molecule has 0 spiro atoms. The zero-order valence-electron chi connectivity index (χ0n) is 13.1. The molecule has 0 bridgehead atoms. The number of nitrogens with one attached hydrogen (secondary N) is 3. The molecule has 0 saturated carbocycles. The van der Waals surface area contributed by atoms with Crippen molar-refractivity contribution in [2.75, 3.05) is 11.9 Å². The van der Waals surface area contributed by atoms with Gasteiger partial charge in [-0.15, -0.1) is 0 Å². The van der Waals surface area contributed by atoms with Crippen molar-refractivity contribution in [2.45, 2.75) is 18.9 Å². The summed E-state index contributed by atoms with van der Waals surface area (Å²) >= 11 is 0. The number of carbonyl (C=O) groups is 2. The van der Waals surface area contributed by atoms with E-state index < -0.39 is 12.1 Å².